The molecule has 0 saturated heterocycles. The number of imidazole rings is 1. The van der Waals surface area contributed by atoms with Gasteiger partial charge in [-0.05, 0) is 31.0 Å². The van der Waals surface area contributed by atoms with E-state index in [0.29, 0.717) is 6.42 Å². The fourth-order valence-electron chi connectivity index (χ4n) is 2.34. The number of rotatable bonds is 8. The van der Waals surface area contributed by atoms with Gasteiger partial charge in [0.15, 0.2) is 11.5 Å². The Hall–Kier alpha value is -2.08. The van der Waals surface area contributed by atoms with Crippen LogP contribution in [-0.2, 0) is 13.0 Å². The van der Waals surface area contributed by atoms with Crippen molar-refractivity contribution in [3.05, 3.63) is 42.0 Å². The average Bonchev–Trinajstić information content (AvgIpc) is 2.96. The Labute approximate surface area is 142 Å². The molecule has 124 valence electrons. The second kappa shape index (κ2) is 8.53. The Morgan fingerprint density at radius 3 is 2.70 bits per heavy atom. The summed E-state index contributed by atoms with van der Waals surface area (Å²) in [4.78, 5) is 4.95. The lowest BCUT2D eigenvalue weighted by Gasteiger charge is -2.11. The molecule has 6 heteroatoms. The number of thiocarbonyl (C=S) groups is 1. The molecule has 0 atom stereocenters. The van der Waals surface area contributed by atoms with E-state index in [0.717, 1.165) is 41.6 Å². The molecule has 0 spiro atoms. The molecular formula is C17H23N3O2S. The van der Waals surface area contributed by atoms with Crippen LogP contribution in [0.15, 0.2) is 30.7 Å². The maximum absolute atomic E-state index is 5.41. The van der Waals surface area contributed by atoms with Crippen LogP contribution in [0.25, 0.3) is 0 Å². The first-order valence-corrected chi connectivity index (χ1v) is 7.99. The lowest BCUT2D eigenvalue weighted by Crippen LogP contribution is -2.25. The summed E-state index contributed by atoms with van der Waals surface area (Å²) in [6.07, 6.45) is 5.43. The Morgan fingerprint density at radius 1 is 1.26 bits per heavy atom. The van der Waals surface area contributed by atoms with Crippen LogP contribution in [0.2, 0.25) is 0 Å². The van der Waals surface area contributed by atoms with Gasteiger partial charge in [-0.2, -0.15) is 0 Å². The van der Waals surface area contributed by atoms with Crippen molar-refractivity contribution in [3.63, 3.8) is 0 Å². The minimum absolute atomic E-state index is 0.694. The predicted molar refractivity (Wildman–Crippen MR) is 95.4 cm³/mol. The van der Waals surface area contributed by atoms with Gasteiger partial charge in [-0.25, -0.2) is 4.98 Å². The summed E-state index contributed by atoms with van der Waals surface area (Å²) in [5.74, 6) is 1.45. The standard InChI is InChI=1S/C17H23N3O2S/c1-13-11-18-12-20(13)8-4-7-19-17(23)10-14-5-6-15(21-2)16(9-14)22-3/h5-6,9,11-12H,4,7-8,10H2,1-3H3,(H,19,23)/i2-1. The molecule has 2 rings (SSSR count). The quantitative estimate of drug-likeness (QED) is 0.595. The third-order valence-corrected chi connectivity index (χ3v) is 3.92. The van der Waals surface area contributed by atoms with E-state index in [9.17, 15) is 0 Å². The third-order valence-electron chi connectivity index (χ3n) is 3.63. The zero-order chi connectivity index (χ0) is 16.7. The smallest absolute Gasteiger partial charge is 0.160 e. The van der Waals surface area contributed by atoms with Gasteiger partial charge in [0.1, 0.15) is 0 Å². The van der Waals surface area contributed by atoms with E-state index in [4.69, 9.17) is 21.7 Å². The van der Waals surface area contributed by atoms with Gasteiger partial charge in [0, 0.05) is 31.4 Å². The Bertz CT molecular complexity index is 655. The number of benzene rings is 1. The molecule has 1 N–H and O–H groups in total. The fraction of sp³-hybridized carbons (Fsp3) is 0.412. The molecule has 0 unspecified atom stereocenters. The Morgan fingerprint density at radius 2 is 2.04 bits per heavy atom. The third kappa shape index (κ3) is 4.96. The molecule has 0 bridgehead atoms. The van der Waals surface area contributed by atoms with Crippen LogP contribution < -0.4 is 14.8 Å². The van der Waals surface area contributed by atoms with Gasteiger partial charge >= 0.3 is 0 Å². The topological polar surface area (TPSA) is 48.3 Å². The van der Waals surface area contributed by atoms with Crippen LogP contribution in [0.5, 0.6) is 11.5 Å². The van der Waals surface area contributed by atoms with Gasteiger partial charge in [0.05, 0.1) is 25.5 Å². The molecule has 0 aliphatic carbocycles. The van der Waals surface area contributed by atoms with Gasteiger partial charge in [-0.3, -0.25) is 0 Å². The molecule has 0 aliphatic rings. The highest BCUT2D eigenvalue weighted by Gasteiger charge is 2.06. The highest BCUT2D eigenvalue weighted by Crippen LogP contribution is 2.27. The van der Waals surface area contributed by atoms with Crippen LogP contribution in [0.1, 0.15) is 17.7 Å². The summed E-state index contributed by atoms with van der Waals surface area (Å²) >= 11 is 5.41. The lowest BCUT2D eigenvalue weighted by molar-refractivity contribution is 0.354. The summed E-state index contributed by atoms with van der Waals surface area (Å²) in [5.41, 5.74) is 2.28. The molecule has 0 amide bonds. The van der Waals surface area contributed by atoms with Gasteiger partial charge in [0.2, 0.25) is 0 Å². The maximum Gasteiger partial charge on any atom is 0.160 e. The predicted octanol–water partition coefficient (Wildman–Crippen LogP) is 2.76. The van der Waals surface area contributed by atoms with E-state index < -0.39 is 0 Å². The van der Waals surface area contributed by atoms with Crippen molar-refractivity contribution in [2.24, 2.45) is 0 Å². The molecule has 1 heterocycles. The van der Waals surface area contributed by atoms with Crippen molar-refractivity contribution in [3.8, 4) is 11.5 Å². The number of hydrogen-bond donors (Lipinski definition) is 1. The number of nitrogens with zero attached hydrogens (tertiary/aromatic N) is 2. The van der Waals surface area contributed by atoms with Crippen LogP contribution in [-0.4, -0.2) is 35.3 Å². The highest BCUT2D eigenvalue weighted by atomic mass is 32.1. The van der Waals surface area contributed by atoms with Gasteiger partial charge in [0.25, 0.3) is 0 Å². The van der Waals surface area contributed by atoms with Crippen molar-refractivity contribution in [1.29, 1.82) is 0 Å². The summed E-state index contributed by atoms with van der Waals surface area (Å²) in [5, 5.41) is 3.30. The Balaban J connectivity index is 1.77. The van der Waals surface area contributed by atoms with Crippen molar-refractivity contribution < 1.29 is 9.47 Å². The van der Waals surface area contributed by atoms with Crippen LogP contribution in [0.3, 0.4) is 0 Å². The molecule has 0 radical (unpaired) electrons. The second-order valence-corrected chi connectivity index (χ2v) is 5.79. The number of hydrogen-bond acceptors (Lipinski definition) is 4. The van der Waals surface area contributed by atoms with E-state index in [1.165, 1.54) is 5.69 Å². The minimum atomic E-state index is 0.694. The number of nitrogens with one attached hydrogen (secondary N) is 1. The molecule has 0 saturated carbocycles. The summed E-state index contributed by atoms with van der Waals surface area (Å²) in [6, 6.07) is 5.87. The van der Waals surface area contributed by atoms with E-state index in [-0.39, 0.29) is 0 Å². The van der Waals surface area contributed by atoms with Crippen LogP contribution in [0.4, 0.5) is 0 Å². The SMILES string of the molecule is COc1cc(CC(=S)NCCCn2cncc2C)ccc1O[11CH3]. The fourth-order valence-corrected chi connectivity index (χ4v) is 2.61. The first kappa shape index (κ1) is 17.3. The number of aromatic nitrogens is 2. The van der Waals surface area contributed by atoms with Crippen molar-refractivity contribution in [2.75, 3.05) is 20.8 Å². The number of ether oxygens (including phenoxy) is 2. The average molecular weight is 332 g/mol. The Kier molecular flexibility index (Phi) is 6.40. The molecule has 0 aliphatic heterocycles. The molecule has 5 nitrogen and oxygen atoms in total. The number of aryl methyl sites for hydroxylation is 2. The largest absolute Gasteiger partial charge is 0.493 e. The maximum atomic E-state index is 5.41. The van der Waals surface area contributed by atoms with E-state index in [1.54, 1.807) is 14.2 Å². The van der Waals surface area contributed by atoms with E-state index in [2.05, 4.69) is 21.8 Å². The summed E-state index contributed by atoms with van der Waals surface area (Å²) < 4.78 is 12.7. The zero-order valence-corrected chi connectivity index (χ0v) is 14.7. The van der Waals surface area contributed by atoms with Gasteiger partial charge in [-0.15, -0.1) is 0 Å². The van der Waals surface area contributed by atoms with Crippen LogP contribution in [0, 0.1) is 6.92 Å². The van der Waals surface area contributed by atoms with Crippen molar-refractivity contribution >= 4 is 17.2 Å². The minimum Gasteiger partial charge on any atom is -0.493 e. The van der Waals surface area contributed by atoms with Gasteiger partial charge < -0.3 is 19.4 Å². The second-order valence-electron chi connectivity index (χ2n) is 5.30. The molecule has 0 fully saturated rings. The van der Waals surface area contributed by atoms with E-state index in [1.807, 2.05) is 30.7 Å². The lowest BCUT2D eigenvalue weighted by atomic mass is 10.1. The van der Waals surface area contributed by atoms with Gasteiger partial charge in [-0.1, -0.05) is 18.3 Å². The summed E-state index contributed by atoms with van der Waals surface area (Å²) in [6.45, 7) is 3.85. The normalized spacial score (nSPS) is 10.4. The molecule has 2 aromatic rings. The van der Waals surface area contributed by atoms with E-state index >= 15 is 0 Å². The van der Waals surface area contributed by atoms with Crippen LogP contribution >= 0.6 is 12.2 Å². The molecule has 1 aromatic carbocycles. The highest BCUT2D eigenvalue weighted by molar-refractivity contribution is 7.80. The van der Waals surface area contributed by atoms with Crippen molar-refractivity contribution in [1.82, 2.24) is 14.9 Å². The first-order valence-electron chi connectivity index (χ1n) is 7.58. The summed E-state index contributed by atoms with van der Waals surface area (Å²) in [7, 11) is 3.27. The van der Waals surface area contributed by atoms with Crippen molar-refractivity contribution in [2.45, 2.75) is 26.3 Å². The molecule has 1 aromatic heterocycles. The first-order chi connectivity index (χ1) is 11.1. The molecular weight excluding hydrogens is 309 g/mol. The number of methoxy groups -OCH3 is 2. The zero-order valence-electron chi connectivity index (χ0n) is 13.8. The molecule has 23 heavy (non-hydrogen) atoms. The monoisotopic (exact) mass is 332 g/mol.